The lowest BCUT2D eigenvalue weighted by Gasteiger charge is -2.17. The minimum absolute atomic E-state index is 0.0293. The van der Waals surface area contributed by atoms with Gasteiger partial charge in [0.25, 0.3) is 0 Å². The zero-order chi connectivity index (χ0) is 12.8. The van der Waals surface area contributed by atoms with E-state index < -0.39 is 5.97 Å². The van der Waals surface area contributed by atoms with Crippen LogP contribution in [0.3, 0.4) is 0 Å². The van der Waals surface area contributed by atoms with E-state index in [2.05, 4.69) is 0 Å². The number of carboxylic acid groups (broad SMARTS) is 1. The van der Waals surface area contributed by atoms with Crippen molar-refractivity contribution in [2.75, 3.05) is 14.2 Å². The number of rotatable bonds is 6. The Balaban J connectivity index is 2.92. The Morgan fingerprint density at radius 1 is 1.41 bits per heavy atom. The molecule has 0 saturated carbocycles. The molecular formula is C12H17NO4. The Kier molecular flexibility index (Phi) is 4.78. The molecule has 3 N–H and O–H groups in total. The fraction of sp³-hybridized carbons (Fsp3) is 0.417. The highest BCUT2D eigenvalue weighted by molar-refractivity contribution is 5.66. The molecule has 1 aromatic rings. The van der Waals surface area contributed by atoms with Crippen LogP contribution in [0.5, 0.6) is 11.5 Å². The van der Waals surface area contributed by atoms with Crippen LogP contribution < -0.4 is 15.2 Å². The third kappa shape index (κ3) is 3.35. The normalized spacial score (nSPS) is 11.9. The average molecular weight is 239 g/mol. The van der Waals surface area contributed by atoms with Crippen molar-refractivity contribution in [3.8, 4) is 11.5 Å². The van der Waals surface area contributed by atoms with Crippen LogP contribution in [-0.2, 0) is 4.79 Å². The summed E-state index contributed by atoms with van der Waals surface area (Å²) in [5.74, 6) is 0.297. The first-order valence-electron chi connectivity index (χ1n) is 5.28. The van der Waals surface area contributed by atoms with Gasteiger partial charge >= 0.3 is 5.97 Å². The molecule has 0 amide bonds. The number of ether oxygens (including phenoxy) is 2. The zero-order valence-corrected chi connectivity index (χ0v) is 9.97. The quantitative estimate of drug-likeness (QED) is 0.787. The van der Waals surface area contributed by atoms with Crippen LogP contribution in [0.15, 0.2) is 18.2 Å². The van der Waals surface area contributed by atoms with E-state index >= 15 is 0 Å². The topological polar surface area (TPSA) is 81.8 Å². The van der Waals surface area contributed by atoms with Gasteiger partial charge in [-0.05, 0) is 12.5 Å². The molecule has 94 valence electrons. The molecule has 0 unspecified atom stereocenters. The predicted octanol–water partition coefficient (Wildman–Crippen LogP) is 1.57. The molecule has 0 fully saturated rings. The number of hydrogen-bond acceptors (Lipinski definition) is 4. The van der Waals surface area contributed by atoms with E-state index in [-0.39, 0.29) is 12.5 Å². The van der Waals surface area contributed by atoms with Gasteiger partial charge in [-0.2, -0.15) is 0 Å². The highest BCUT2D eigenvalue weighted by Gasteiger charge is 2.16. The lowest BCUT2D eigenvalue weighted by atomic mass is 10.0. The minimum atomic E-state index is -0.859. The molecule has 0 aliphatic carbocycles. The van der Waals surface area contributed by atoms with E-state index in [1.807, 2.05) is 6.07 Å². The summed E-state index contributed by atoms with van der Waals surface area (Å²) in [5.41, 5.74) is 6.70. The van der Waals surface area contributed by atoms with Crippen molar-refractivity contribution in [1.29, 1.82) is 0 Å². The van der Waals surface area contributed by atoms with E-state index in [0.717, 1.165) is 5.56 Å². The first-order chi connectivity index (χ1) is 8.10. The van der Waals surface area contributed by atoms with Gasteiger partial charge < -0.3 is 20.3 Å². The van der Waals surface area contributed by atoms with Crippen LogP contribution in [0.25, 0.3) is 0 Å². The van der Waals surface area contributed by atoms with Crippen LogP contribution in [0.2, 0.25) is 0 Å². The monoisotopic (exact) mass is 239 g/mol. The van der Waals surface area contributed by atoms with E-state index in [1.54, 1.807) is 19.2 Å². The maximum atomic E-state index is 10.5. The molecular weight excluding hydrogens is 222 g/mol. The Morgan fingerprint density at radius 3 is 2.65 bits per heavy atom. The number of para-hydroxylation sites is 1. The largest absolute Gasteiger partial charge is 0.493 e. The molecule has 0 bridgehead atoms. The Hall–Kier alpha value is -1.75. The molecule has 1 rings (SSSR count). The predicted molar refractivity (Wildman–Crippen MR) is 63.3 cm³/mol. The van der Waals surface area contributed by atoms with Gasteiger partial charge in [0.2, 0.25) is 0 Å². The van der Waals surface area contributed by atoms with Crippen LogP contribution in [-0.4, -0.2) is 25.3 Å². The highest BCUT2D eigenvalue weighted by Crippen LogP contribution is 2.34. The van der Waals surface area contributed by atoms with Crippen molar-refractivity contribution in [3.05, 3.63) is 23.8 Å². The zero-order valence-electron chi connectivity index (χ0n) is 9.97. The van der Waals surface area contributed by atoms with E-state index in [1.165, 1.54) is 7.11 Å². The van der Waals surface area contributed by atoms with Gasteiger partial charge in [0.1, 0.15) is 0 Å². The van der Waals surface area contributed by atoms with Crippen molar-refractivity contribution in [2.24, 2.45) is 5.73 Å². The third-order valence-electron chi connectivity index (χ3n) is 2.50. The molecule has 0 spiro atoms. The lowest BCUT2D eigenvalue weighted by Crippen LogP contribution is -2.13. The minimum Gasteiger partial charge on any atom is -0.493 e. The standard InChI is InChI=1S/C12H17NO4/c1-16-10-5-3-4-8(12(10)17-2)9(13)6-7-11(14)15/h3-5,9H,6-7,13H2,1-2H3,(H,14,15)/t9-/m0/s1. The molecule has 5 nitrogen and oxygen atoms in total. The maximum Gasteiger partial charge on any atom is 0.303 e. The fourth-order valence-corrected chi connectivity index (χ4v) is 1.64. The van der Waals surface area contributed by atoms with Crippen LogP contribution in [0, 0.1) is 0 Å². The summed E-state index contributed by atoms with van der Waals surface area (Å²) in [6, 6.07) is 5.01. The van der Waals surface area contributed by atoms with E-state index in [0.29, 0.717) is 17.9 Å². The Labute approximate surface area is 100 Å². The van der Waals surface area contributed by atoms with Gasteiger partial charge in [-0.15, -0.1) is 0 Å². The Bertz CT molecular complexity index is 392. The second-order valence-corrected chi connectivity index (χ2v) is 3.62. The second kappa shape index (κ2) is 6.10. The number of nitrogens with two attached hydrogens (primary N) is 1. The van der Waals surface area contributed by atoms with Gasteiger partial charge in [-0.1, -0.05) is 12.1 Å². The summed E-state index contributed by atoms with van der Waals surface area (Å²) in [6.45, 7) is 0. The first kappa shape index (κ1) is 13.3. The second-order valence-electron chi connectivity index (χ2n) is 3.62. The maximum absolute atomic E-state index is 10.5. The summed E-state index contributed by atoms with van der Waals surface area (Å²) in [4.78, 5) is 10.5. The smallest absolute Gasteiger partial charge is 0.303 e. The fourth-order valence-electron chi connectivity index (χ4n) is 1.64. The molecule has 17 heavy (non-hydrogen) atoms. The molecule has 5 heteroatoms. The molecule has 0 radical (unpaired) electrons. The van der Waals surface area contributed by atoms with Crippen LogP contribution in [0.4, 0.5) is 0 Å². The van der Waals surface area contributed by atoms with Gasteiger partial charge in [0.05, 0.1) is 14.2 Å². The molecule has 1 atom stereocenters. The van der Waals surface area contributed by atoms with Crippen molar-refractivity contribution in [3.63, 3.8) is 0 Å². The van der Waals surface area contributed by atoms with Gasteiger partial charge in [-0.3, -0.25) is 4.79 Å². The number of hydrogen-bond donors (Lipinski definition) is 2. The number of aliphatic carboxylic acids is 1. The average Bonchev–Trinajstić information content (AvgIpc) is 2.34. The molecule has 0 aliphatic heterocycles. The molecule has 0 heterocycles. The summed E-state index contributed by atoms with van der Waals surface area (Å²) >= 11 is 0. The van der Waals surface area contributed by atoms with Crippen molar-refractivity contribution >= 4 is 5.97 Å². The molecule has 0 aromatic heterocycles. The van der Waals surface area contributed by atoms with Gasteiger partial charge in [0.15, 0.2) is 11.5 Å². The van der Waals surface area contributed by atoms with E-state index in [9.17, 15) is 4.79 Å². The highest BCUT2D eigenvalue weighted by atomic mass is 16.5. The molecule has 0 aliphatic rings. The van der Waals surface area contributed by atoms with Crippen LogP contribution in [0.1, 0.15) is 24.4 Å². The number of carbonyl (C=O) groups is 1. The summed E-state index contributed by atoms with van der Waals surface area (Å²) in [5, 5.41) is 8.63. The summed E-state index contributed by atoms with van der Waals surface area (Å²) in [7, 11) is 3.08. The Morgan fingerprint density at radius 2 is 2.12 bits per heavy atom. The van der Waals surface area contributed by atoms with Gasteiger partial charge in [-0.25, -0.2) is 0 Å². The first-order valence-corrected chi connectivity index (χ1v) is 5.28. The number of benzene rings is 1. The molecule has 0 saturated heterocycles. The van der Waals surface area contributed by atoms with Crippen molar-refractivity contribution < 1.29 is 19.4 Å². The third-order valence-corrected chi connectivity index (χ3v) is 2.50. The van der Waals surface area contributed by atoms with Gasteiger partial charge in [0, 0.05) is 18.0 Å². The van der Waals surface area contributed by atoms with Crippen molar-refractivity contribution in [2.45, 2.75) is 18.9 Å². The summed E-state index contributed by atoms with van der Waals surface area (Å²) in [6.07, 6.45) is 0.389. The summed E-state index contributed by atoms with van der Waals surface area (Å²) < 4.78 is 10.4. The van der Waals surface area contributed by atoms with E-state index in [4.69, 9.17) is 20.3 Å². The SMILES string of the molecule is COc1cccc([C@@H](N)CCC(=O)O)c1OC. The molecule has 1 aromatic carbocycles. The lowest BCUT2D eigenvalue weighted by molar-refractivity contribution is -0.137. The van der Waals surface area contributed by atoms with Crippen molar-refractivity contribution in [1.82, 2.24) is 0 Å². The van der Waals surface area contributed by atoms with Crippen LogP contribution >= 0.6 is 0 Å². The number of methoxy groups -OCH3 is 2. The number of carboxylic acids is 1.